The Kier molecular flexibility index (Phi) is 7.12. The first-order valence-corrected chi connectivity index (χ1v) is 8.51. The maximum Gasteiger partial charge on any atom is 0.161 e. The van der Waals surface area contributed by atoms with E-state index < -0.39 is 0 Å². The molecule has 0 radical (unpaired) electrons. The second-order valence-corrected chi connectivity index (χ2v) is 6.15. The van der Waals surface area contributed by atoms with Crippen LogP contribution in [0.3, 0.4) is 0 Å². The van der Waals surface area contributed by atoms with E-state index in [4.69, 9.17) is 14.6 Å². The van der Waals surface area contributed by atoms with Crippen molar-refractivity contribution in [1.29, 1.82) is 0 Å². The fraction of sp³-hybridized carbons (Fsp3) is 0.400. The van der Waals surface area contributed by atoms with E-state index in [1.165, 1.54) is 14.2 Å². The van der Waals surface area contributed by atoms with Crippen molar-refractivity contribution in [2.45, 2.75) is 25.2 Å². The van der Waals surface area contributed by atoms with Crippen LogP contribution in [0.5, 0.6) is 23.0 Å². The number of methoxy groups -OCH3 is 2. The zero-order valence-corrected chi connectivity index (χ0v) is 15.1. The summed E-state index contributed by atoms with van der Waals surface area (Å²) in [4.78, 5) is 0. The SMILES string of the molecule is COc1cc(CC(CO)c2cc(CCCO)cc(OC)c2O)ccc1O. The summed E-state index contributed by atoms with van der Waals surface area (Å²) in [7, 11) is 2.96. The van der Waals surface area contributed by atoms with Crippen molar-refractivity contribution in [3.63, 3.8) is 0 Å². The van der Waals surface area contributed by atoms with Gasteiger partial charge in [-0.25, -0.2) is 0 Å². The molecule has 0 aliphatic rings. The van der Waals surface area contributed by atoms with Crippen molar-refractivity contribution >= 4 is 0 Å². The number of hydrogen-bond acceptors (Lipinski definition) is 6. The Morgan fingerprint density at radius 2 is 1.62 bits per heavy atom. The standard InChI is InChI=1S/C20H26O6/c1-25-18-10-14(5-6-17(18)23)8-15(12-22)16-9-13(4-3-7-21)11-19(26-2)20(16)24/h5-6,9-11,15,21-24H,3-4,7-8,12H2,1-2H3. The third-order valence-corrected chi connectivity index (χ3v) is 4.39. The van der Waals surface area contributed by atoms with Crippen LogP contribution >= 0.6 is 0 Å². The molecule has 0 aliphatic heterocycles. The van der Waals surface area contributed by atoms with Crippen molar-refractivity contribution < 1.29 is 29.9 Å². The molecule has 0 aromatic heterocycles. The summed E-state index contributed by atoms with van der Waals surface area (Å²) in [6, 6.07) is 8.59. The molecule has 4 N–H and O–H groups in total. The average Bonchev–Trinajstić information content (AvgIpc) is 2.66. The van der Waals surface area contributed by atoms with Gasteiger partial charge in [0.2, 0.25) is 0 Å². The molecule has 1 unspecified atom stereocenters. The maximum absolute atomic E-state index is 10.5. The number of benzene rings is 2. The number of aromatic hydroxyl groups is 2. The summed E-state index contributed by atoms with van der Waals surface area (Å²) < 4.78 is 10.4. The lowest BCUT2D eigenvalue weighted by molar-refractivity contribution is 0.260. The predicted octanol–water partition coefficient (Wildman–Crippen LogP) is 2.36. The number of aliphatic hydroxyl groups is 2. The van der Waals surface area contributed by atoms with E-state index in [9.17, 15) is 15.3 Å². The molecule has 2 rings (SSSR count). The molecule has 0 amide bonds. The number of aliphatic hydroxyl groups excluding tert-OH is 2. The van der Waals surface area contributed by atoms with E-state index in [1.807, 2.05) is 6.07 Å². The summed E-state index contributed by atoms with van der Waals surface area (Å²) >= 11 is 0. The van der Waals surface area contributed by atoms with Gasteiger partial charge in [-0.15, -0.1) is 0 Å². The van der Waals surface area contributed by atoms with Gasteiger partial charge in [0.25, 0.3) is 0 Å². The zero-order valence-electron chi connectivity index (χ0n) is 15.1. The van der Waals surface area contributed by atoms with Gasteiger partial charge < -0.3 is 29.9 Å². The van der Waals surface area contributed by atoms with Gasteiger partial charge in [0.1, 0.15) is 0 Å². The molecule has 1 atom stereocenters. The molecule has 142 valence electrons. The Morgan fingerprint density at radius 3 is 2.23 bits per heavy atom. The molecule has 0 fully saturated rings. The van der Waals surface area contributed by atoms with Gasteiger partial charge in [-0.2, -0.15) is 0 Å². The van der Waals surface area contributed by atoms with Gasteiger partial charge in [0, 0.05) is 18.1 Å². The lowest BCUT2D eigenvalue weighted by Gasteiger charge is -2.20. The highest BCUT2D eigenvalue weighted by molar-refractivity contribution is 5.51. The molecule has 0 saturated heterocycles. The first kappa shape index (κ1) is 19.9. The van der Waals surface area contributed by atoms with Crippen LogP contribution in [0, 0.1) is 0 Å². The summed E-state index contributed by atoms with van der Waals surface area (Å²) in [6.07, 6.45) is 1.70. The number of hydrogen-bond donors (Lipinski definition) is 4. The highest BCUT2D eigenvalue weighted by atomic mass is 16.5. The Labute approximate surface area is 153 Å². The number of phenolic OH excluding ortho intramolecular Hbond substituents is 2. The predicted molar refractivity (Wildman–Crippen MR) is 98.3 cm³/mol. The van der Waals surface area contributed by atoms with Gasteiger partial charge in [0.05, 0.1) is 20.8 Å². The van der Waals surface area contributed by atoms with Crippen LogP contribution < -0.4 is 9.47 Å². The van der Waals surface area contributed by atoms with Crippen LogP contribution in [0.2, 0.25) is 0 Å². The molecule has 0 aliphatic carbocycles. The second-order valence-electron chi connectivity index (χ2n) is 6.15. The minimum Gasteiger partial charge on any atom is -0.504 e. The normalized spacial score (nSPS) is 12.0. The largest absolute Gasteiger partial charge is 0.504 e. The molecule has 0 heterocycles. The highest BCUT2D eigenvalue weighted by Crippen LogP contribution is 2.38. The van der Waals surface area contributed by atoms with E-state index in [2.05, 4.69) is 0 Å². The third-order valence-electron chi connectivity index (χ3n) is 4.39. The average molecular weight is 362 g/mol. The maximum atomic E-state index is 10.5. The minimum absolute atomic E-state index is 0.00467. The quantitative estimate of drug-likeness (QED) is 0.547. The lowest BCUT2D eigenvalue weighted by Crippen LogP contribution is -2.09. The van der Waals surface area contributed by atoms with Crippen molar-refractivity contribution in [1.82, 2.24) is 0 Å². The minimum atomic E-state index is -0.354. The third kappa shape index (κ3) is 4.59. The van der Waals surface area contributed by atoms with E-state index >= 15 is 0 Å². The molecule has 0 spiro atoms. The highest BCUT2D eigenvalue weighted by Gasteiger charge is 2.20. The molecule has 26 heavy (non-hydrogen) atoms. The Morgan fingerprint density at radius 1 is 0.923 bits per heavy atom. The van der Waals surface area contributed by atoms with Crippen LogP contribution in [0.25, 0.3) is 0 Å². The fourth-order valence-corrected chi connectivity index (χ4v) is 2.99. The number of phenols is 2. The van der Waals surface area contributed by atoms with Gasteiger partial charge in [-0.05, 0) is 48.6 Å². The smallest absolute Gasteiger partial charge is 0.161 e. The van der Waals surface area contributed by atoms with Crippen LogP contribution in [-0.4, -0.2) is 47.9 Å². The monoisotopic (exact) mass is 362 g/mol. The first-order chi connectivity index (χ1) is 12.5. The number of ether oxygens (including phenoxy) is 2. The molecule has 0 saturated carbocycles. The van der Waals surface area contributed by atoms with Gasteiger partial charge in [-0.3, -0.25) is 0 Å². The Balaban J connectivity index is 2.36. The van der Waals surface area contributed by atoms with Crippen molar-refractivity contribution in [2.24, 2.45) is 0 Å². The Hall–Kier alpha value is -2.44. The van der Waals surface area contributed by atoms with Crippen LogP contribution in [-0.2, 0) is 12.8 Å². The molecule has 2 aromatic carbocycles. The molecule has 0 bridgehead atoms. The zero-order chi connectivity index (χ0) is 19.1. The number of aryl methyl sites for hydroxylation is 1. The second kappa shape index (κ2) is 9.31. The molecular weight excluding hydrogens is 336 g/mol. The van der Waals surface area contributed by atoms with E-state index in [-0.39, 0.29) is 30.6 Å². The van der Waals surface area contributed by atoms with E-state index in [0.29, 0.717) is 36.3 Å². The summed E-state index contributed by atoms with van der Waals surface area (Å²) in [5, 5.41) is 39.2. The van der Waals surface area contributed by atoms with Gasteiger partial charge >= 0.3 is 0 Å². The molecular formula is C20H26O6. The van der Waals surface area contributed by atoms with Crippen LogP contribution in [0.15, 0.2) is 30.3 Å². The van der Waals surface area contributed by atoms with Gasteiger partial charge in [0.15, 0.2) is 23.0 Å². The summed E-state index contributed by atoms with van der Waals surface area (Å²) in [6.45, 7) is -0.0847. The number of rotatable bonds is 9. The molecule has 6 heteroatoms. The van der Waals surface area contributed by atoms with Crippen molar-refractivity contribution in [3.8, 4) is 23.0 Å². The fourth-order valence-electron chi connectivity index (χ4n) is 2.99. The molecule has 6 nitrogen and oxygen atoms in total. The topological polar surface area (TPSA) is 99.4 Å². The van der Waals surface area contributed by atoms with E-state index in [0.717, 1.165) is 11.1 Å². The molecule has 2 aromatic rings. The van der Waals surface area contributed by atoms with Crippen LogP contribution in [0.1, 0.15) is 29.0 Å². The summed E-state index contributed by atoms with van der Waals surface area (Å²) in [5.74, 6) is 0.402. The summed E-state index contributed by atoms with van der Waals surface area (Å²) in [5.41, 5.74) is 2.37. The van der Waals surface area contributed by atoms with E-state index in [1.54, 1.807) is 24.3 Å². The van der Waals surface area contributed by atoms with Crippen molar-refractivity contribution in [2.75, 3.05) is 27.4 Å². The first-order valence-electron chi connectivity index (χ1n) is 8.51. The van der Waals surface area contributed by atoms with Crippen LogP contribution in [0.4, 0.5) is 0 Å². The van der Waals surface area contributed by atoms with Crippen molar-refractivity contribution in [3.05, 3.63) is 47.0 Å². The van der Waals surface area contributed by atoms with Gasteiger partial charge in [-0.1, -0.05) is 12.1 Å². The lowest BCUT2D eigenvalue weighted by atomic mass is 9.89. The Bertz CT molecular complexity index is 728.